The Morgan fingerprint density at radius 3 is 2.35 bits per heavy atom. The number of amidine groups is 1. The second-order valence-electron chi connectivity index (χ2n) is 5.93. The minimum absolute atomic E-state index is 0.101. The van der Waals surface area contributed by atoms with Crippen LogP contribution in [0.25, 0.3) is 0 Å². The molecule has 2 rings (SSSR count). The minimum Gasteiger partial charge on any atom is -0.384 e. The lowest BCUT2D eigenvalue weighted by atomic mass is 10.0. The molecule has 0 radical (unpaired) electrons. The maximum atomic E-state index is 7.85. The summed E-state index contributed by atoms with van der Waals surface area (Å²) in [7, 11) is 2.17. The average molecular weight is 275 g/mol. The monoisotopic (exact) mass is 275 g/mol. The summed E-state index contributed by atoms with van der Waals surface area (Å²) in [4.78, 5) is 9.18. The van der Waals surface area contributed by atoms with E-state index in [2.05, 4.69) is 41.7 Å². The van der Waals surface area contributed by atoms with Crippen LogP contribution in [0.4, 0.5) is 5.69 Å². The number of piperazine rings is 1. The highest BCUT2D eigenvalue weighted by Crippen LogP contribution is 2.27. The van der Waals surface area contributed by atoms with E-state index in [4.69, 9.17) is 11.1 Å². The highest BCUT2D eigenvalue weighted by atomic mass is 15.3. The molecule has 1 saturated heterocycles. The zero-order chi connectivity index (χ0) is 15.0. The van der Waals surface area contributed by atoms with Gasteiger partial charge in [-0.15, -0.1) is 0 Å². The van der Waals surface area contributed by atoms with Crippen molar-refractivity contribution in [3.8, 4) is 0 Å². The number of aryl methyl sites for hydroxylation is 2. The second-order valence-corrected chi connectivity index (χ2v) is 5.93. The van der Waals surface area contributed by atoms with Crippen LogP contribution in [0.1, 0.15) is 30.8 Å². The standard InChI is InChI=1S/C15H25N5/c1-9-6-13(14(15(16)17)12(4)18-9)20-7-10(2)19(5)11(3)8-20/h6,10-11H,7-8H2,1-5H3,(H3,16,17). The van der Waals surface area contributed by atoms with E-state index in [0.29, 0.717) is 12.1 Å². The molecule has 2 atom stereocenters. The van der Waals surface area contributed by atoms with Crippen LogP contribution < -0.4 is 10.6 Å². The molecule has 0 bridgehead atoms. The molecular formula is C15H25N5. The Hall–Kier alpha value is -1.62. The van der Waals surface area contributed by atoms with E-state index in [1.807, 2.05) is 13.8 Å². The van der Waals surface area contributed by atoms with Crippen molar-refractivity contribution in [1.29, 1.82) is 5.41 Å². The lowest BCUT2D eigenvalue weighted by Gasteiger charge is -2.44. The molecule has 0 amide bonds. The first-order chi connectivity index (χ1) is 9.31. The summed E-state index contributed by atoms with van der Waals surface area (Å²) in [5, 5.41) is 7.85. The Morgan fingerprint density at radius 1 is 1.30 bits per heavy atom. The predicted molar refractivity (Wildman–Crippen MR) is 83.6 cm³/mol. The molecule has 3 N–H and O–H groups in total. The van der Waals surface area contributed by atoms with Crippen molar-refractivity contribution in [3.05, 3.63) is 23.0 Å². The van der Waals surface area contributed by atoms with Crippen LogP contribution in [0.3, 0.4) is 0 Å². The van der Waals surface area contributed by atoms with E-state index in [9.17, 15) is 0 Å². The second kappa shape index (κ2) is 5.40. The molecule has 2 heterocycles. The number of anilines is 1. The number of hydrogen-bond donors (Lipinski definition) is 2. The number of aromatic nitrogens is 1. The molecule has 1 aromatic heterocycles. The molecule has 1 aliphatic rings. The van der Waals surface area contributed by atoms with Gasteiger partial charge in [0, 0.05) is 30.9 Å². The molecule has 0 aromatic carbocycles. The molecular weight excluding hydrogens is 250 g/mol. The predicted octanol–water partition coefficient (Wildman–Crippen LogP) is 1.51. The van der Waals surface area contributed by atoms with Gasteiger partial charge in [-0.1, -0.05) is 0 Å². The molecule has 1 aromatic rings. The summed E-state index contributed by atoms with van der Waals surface area (Å²) < 4.78 is 0. The zero-order valence-electron chi connectivity index (χ0n) is 13.1. The third-order valence-electron chi connectivity index (χ3n) is 4.28. The summed E-state index contributed by atoms with van der Waals surface area (Å²) in [6.45, 7) is 10.3. The van der Waals surface area contributed by atoms with Crippen LogP contribution in [0.5, 0.6) is 0 Å². The largest absolute Gasteiger partial charge is 0.384 e. The van der Waals surface area contributed by atoms with Gasteiger partial charge in [0.1, 0.15) is 5.84 Å². The van der Waals surface area contributed by atoms with Crippen LogP contribution in [0.2, 0.25) is 0 Å². The van der Waals surface area contributed by atoms with Crippen LogP contribution in [-0.4, -0.2) is 47.9 Å². The first-order valence-corrected chi connectivity index (χ1v) is 7.10. The number of rotatable bonds is 2. The Balaban J connectivity index is 2.44. The normalized spacial score (nSPS) is 23.9. The van der Waals surface area contributed by atoms with E-state index in [1.165, 1.54) is 0 Å². The number of hydrogen-bond acceptors (Lipinski definition) is 4. The van der Waals surface area contributed by atoms with Crippen molar-refractivity contribution >= 4 is 11.5 Å². The number of nitrogens with one attached hydrogen (secondary N) is 1. The van der Waals surface area contributed by atoms with Crippen LogP contribution in [-0.2, 0) is 0 Å². The van der Waals surface area contributed by atoms with E-state index in [0.717, 1.165) is 35.7 Å². The first-order valence-electron chi connectivity index (χ1n) is 7.10. The topological polar surface area (TPSA) is 69.2 Å². The Morgan fingerprint density at radius 2 is 1.85 bits per heavy atom. The van der Waals surface area contributed by atoms with E-state index < -0.39 is 0 Å². The Kier molecular flexibility index (Phi) is 3.99. The zero-order valence-corrected chi connectivity index (χ0v) is 13.1. The van der Waals surface area contributed by atoms with Crippen molar-refractivity contribution in [3.63, 3.8) is 0 Å². The quantitative estimate of drug-likeness (QED) is 0.634. The number of pyridine rings is 1. The average Bonchev–Trinajstić information content (AvgIpc) is 2.33. The third-order valence-corrected chi connectivity index (χ3v) is 4.28. The van der Waals surface area contributed by atoms with Gasteiger partial charge >= 0.3 is 0 Å². The van der Waals surface area contributed by atoms with Gasteiger partial charge in [-0.25, -0.2) is 0 Å². The molecule has 2 unspecified atom stereocenters. The van der Waals surface area contributed by atoms with Gasteiger partial charge in [0.25, 0.3) is 0 Å². The van der Waals surface area contributed by atoms with Gasteiger partial charge in [-0.05, 0) is 40.8 Å². The summed E-state index contributed by atoms with van der Waals surface area (Å²) in [6, 6.07) is 3.01. The van der Waals surface area contributed by atoms with E-state index in [-0.39, 0.29) is 5.84 Å². The SMILES string of the molecule is Cc1cc(N2CC(C)N(C)C(C)C2)c(C(=N)N)c(C)n1. The summed E-state index contributed by atoms with van der Waals surface area (Å²) in [5.74, 6) is 0.101. The molecule has 20 heavy (non-hydrogen) atoms. The van der Waals surface area contributed by atoms with Gasteiger partial charge in [0.2, 0.25) is 0 Å². The molecule has 0 saturated carbocycles. The Labute approximate surface area is 121 Å². The number of nitrogens with two attached hydrogens (primary N) is 1. The van der Waals surface area contributed by atoms with E-state index in [1.54, 1.807) is 0 Å². The lowest BCUT2D eigenvalue weighted by molar-refractivity contribution is 0.170. The molecule has 5 nitrogen and oxygen atoms in total. The van der Waals surface area contributed by atoms with Crippen LogP contribution in [0, 0.1) is 19.3 Å². The lowest BCUT2D eigenvalue weighted by Crippen LogP contribution is -2.55. The van der Waals surface area contributed by atoms with Gasteiger partial charge in [-0.3, -0.25) is 15.3 Å². The third kappa shape index (κ3) is 2.63. The fraction of sp³-hybridized carbons (Fsp3) is 0.600. The highest BCUT2D eigenvalue weighted by Gasteiger charge is 2.28. The molecule has 1 aliphatic heterocycles. The van der Waals surface area contributed by atoms with Crippen molar-refractivity contribution in [1.82, 2.24) is 9.88 Å². The fourth-order valence-corrected chi connectivity index (χ4v) is 2.99. The molecule has 0 spiro atoms. The van der Waals surface area contributed by atoms with Crippen molar-refractivity contribution < 1.29 is 0 Å². The highest BCUT2D eigenvalue weighted by molar-refractivity contribution is 6.01. The number of likely N-dealkylation sites (N-methyl/N-ethyl adjacent to an activating group) is 1. The smallest absolute Gasteiger partial charge is 0.126 e. The number of nitrogens with zero attached hydrogens (tertiary/aromatic N) is 3. The molecule has 5 heteroatoms. The van der Waals surface area contributed by atoms with Gasteiger partial charge in [0.05, 0.1) is 16.9 Å². The van der Waals surface area contributed by atoms with Crippen molar-refractivity contribution in [2.75, 3.05) is 25.0 Å². The van der Waals surface area contributed by atoms with Crippen LogP contribution >= 0.6 is 0 Å². The first kappa shape index (κ1) is 14.8. The maximum absolute atomic E-state index is 7.85. The summed E-state index contributed by atoms with van der Waals surface area (Å²) in [6.07, 6.45) is 0. The van der Waals surface area contributed by atoms with Gasteiger partial charge in [-0.2, -0.15) is 0 Å². The molecule has 110 valence electrons. The van der Waals surface area contributed by atoms with Crippen LogP contribution in [0.15, 0.2) is 6.07 Å². The summed E-state index contributed by atoms with van der Waals surface area (Å²) >= 11 is 0. The Bertz CT molecular complexity index is 513. The van der Waals surface area contributed by atoms with E-state index >= 15 is 0 Å². The molecule has 1 fully saturated rings. The van der Waals surface area contributed by atoms with Gasteiger partial charge in [0.15, 0.2) is 0 Å². The minimum atomic E-state index is 0.101. The van der Waals surface area contributed by atoms with Crippen molar-refractivity contribution in [2.24, 2.45) is 5.73 Å². The fourth-order valence-electron chi connectivity index (χ4n) is 2.99. The molecule has 0 aliphatic carbocycles. The number of nitrogen functional groups attached to an aromatic ring is 1. The van der Waals surface area contributed by atoms with Crippen molar-refractivity contribution in [2.45, 2.75) is 39.8 Å². The summed E-state index contributed by atoms with van der Waals surface area (Å²) in [5.41, 5.74) is 9.42. The maximum Gasteiger partial charge on any atom is 0.126 e. The van der Waals surface area contributed by atoms with Gasteiger partial charge < -0.3 is 10.6 Å².